The summed E-state index contributed by atoms with van der Waals surface area (Å²) in [7, 11) is 0. The first-order valence-electron chi connectivity index (χ1n) is 10.3. The quantitative estimate of drug-likeness (QED) is 0.146. The molecule has 0 saturated heterocycles. The maximum absolute atomic E-state index is 13.8. The second-order valence-corrected chi connectivity index (χ2v) is 17.1. The minimum absolute atomic E-state index is 0.0212. The molecule has 0 aliphatic heterocycles. The van der Waals surface area contributed by atoms with Gasteiger partial charge in [-0.2, -0.15) is 0 Å². The van der Waals surface area contributed by atoms with Crippen LogP contribution in [0.2, 0.25) is 9.88 Å². The number of halogens is 3. The number of alkyl halides is 3. The Hall–Kier alpha value is -3.08. The van der Waals surface area contributed by atoms with Crippen LogP contribution >= 0.6 is 0 Å². The van der Waals surface area contributed by atoms with Gasteiger partial charge in [-0.15, -0.1) is 0 Å². The summed E-state index contributed by atoms with van der Waals surface area (Å²) in [6.07, 6.45) is -4.48. The summed E-state index contributed by atoms with van der Waals surface area (Å²) < 4.78 is 54.1. The predicted octanol–water partition coefficient (Wildman–Crippen LogP) is 5.81. The molecule has 0 fully saturated rings. The molecule has 0 radical (unpaired) electrons. The Bertz CT molecular complexity index is 1220. The van der Waals surface area contributed by atoms with Crippen LogP contribution in [0.4, 0.5) is 13.2 Å². The van der Waals surface area contributed by atoms with Gasteiger partial charge in [-0.05, 0) is 0 Å². The molecule has 34 heavy (non-hydrogen) atoms. The van der Waals surface area contributed by atoms with Crippen molar-refractivity contribution in [3.63, 3.8) is 0 Å². The van der Waals surface area contributed by atoms with Crippen LogP contribution in [-0.2, 0) is 3.07 Å². The summed E-state index contributed by atoms with van der Waals surface area (Å²) >= 11 is -4.56. The zero-order valence-corrected chi connectivity index (χ0v) is 21.9. The second kappa shape index (κ2) is 10.0. The van der Waals surface area contributed by atoms with E-state index in [9.17, 15) is 22.8 Å². The molecule has 10 heteroatoms. The van der Waals surface area contributed by atoms with Gasteiger partial charge in [0, 0.05) is 0 Å². The molecule has 1 heterocycles. The van der Waals surface area contributed by atoms with Gasteiger partial charge in [0.05, 0.1) is 0 Å². The second-order valence-electron chi connectivity index (χ2n) is 7.91. The Morgan fingerprint density at radius 3 is 2.09 bits per heavy atom. The summed E-state index contributed by atoms with van der Waals surface area (Å²) in [6, 6.07) is 16.4. The van der Waals surface area contributed by atoms with Gasteiger partial charge in [0.15, 0.2) is 0 Å². The standard InChI is InChI=1S/C12H12N2O2.C10H7F3O2.2CH3.Sn/c1-8-11(9(2)15)12(16)14(13-8)10-6-4-3-5-7-10;11-10(12,13)9(15)6-8(14)7-4-2-1-3-5-7;;;/h3-7,16H,1-2H3;1-6,15H;2*1H3;/q;;;;+2/p-2/b;9-6-;;;. The molecular formula is C24H23F3N2O4Sn. The number of allylic oxidation sites excluding steroid dienone is 2. The average molecular weight is 579 g/mol. The summed E-state index contributed by atoms with van der Waals surface area (Å²) in [5.74, 6) is -2.60. The van der Waals surface area contributed by atoms with E-state index >= 15 is 0 Å². The Morgan fingerprint density at radius 2 is 1.56 bits per heavy atom. The predicted molar refractivity (Wildman–Crippen MR) is 122 cm³/mol. The molecule has 0 amide bonds. The third-order valence-electron chi connectivity index (χ3n) is 4.67. The number of carbonyl (C=O) groups excluding carboxylic acids is 2. The zero-order chi connectivity index (χ0) is 25.1. The van der Waals surface area contributed by atoms with Crippen LogP contribution in [0.1, 0.15) is 33.3 Å². The fourth-order valence-electron chi connectivity index (χ4n) is 3.24. The summed E-state index contributed by atoms with van der Waals surface area (Å²) in [5.41, 5.74) is 1.20. The summed E-state index contributed by atoms with van der Waals surface area (Å²) in [5, 5.41) is 4.36. The fourth-order valence-corrected chi connectivity index (χ4v) is 7.24. The Morgan fingerprint density at radius 1 is 1.00 bits per heavy atom. The SMILES string of the molecule is CC(=O)c1c(C)nn(-c2ccccc2)c1[O][Sn]([CH3])([CH3])[O]/C(=C\C(=O)c1ccccc1)C(F)(F)F. The minimum atomic E-state index is -4.92. The topological polar surface area (TPSA) is 70.4 Å². The van der Waals surface area contributed by atoms with E-state index in [4.69, 9.17) is 6.15 Å². The molecule has 3 rings (SSSR count). The number of carbonyl (C=O) groups is 2. The van der Waals surface area contributed by atoms with Crippen molar-refractivity contribution < 1.29 is 28.9 Å². The van der Waals surface area contributed by atoms with Gasteiger partial charge in [0.25, 0.3) is 0 Å². The molecule has 0 N–H and O–H groups in total. The van der Waals surface area contributed by atoms with Gasteiger partial charge in [0.2, 0.25) is 0 Å². The van der Waals surface area contributed by atoms with E-state index in [0.29, 0.717) is 17.5 Å². The number of hydrogen-bond donors (Lipinski definition) is 0. The monoisotopic (exact) mass is 580 g/mol. The zero-order valence-electron chi connectivity index (χ0n) is 19.0. The van der Waals surface area contributed by atoms with Crippen molar-refractivity contribution in [3.8, 4) is 11.6 Å². The fraction of sp³-hybridized carbons (Fsp3) is 0.208. The molecule has 3 aromatic rings. The van der Waals surface area contributed by atoms with Crippen LogP contribution in [-0.4, -0.2) is 46.7 Å². The van der Waals surface area contributed by atoms with Crippen LogP contribution in [0.5, 0.6) is 5.88 Å². The van der Waals surface area contributed by atoms with E-state index in [1.807, 2.05) is 0 Å². The van der Waals surface area contributed by atoms with Crippen LogP contribution in [0.3, 0.4) is 0 Å². The number of nitrogens with zero attached hydrogens (tertiary/aromatic N) is 2. The van der Waals surface area contributed by atoms with Crippen molar-refractivity contribution in [1.82, 2.24) is 9.78 Å². The molecule has 0 unspecified atom stereocenters. The Labute approximate surface area is 200 Å². The number of aromatic nitrogens is 2. The molecule has 0 aliphatic carbocycles. The van der Waals surface area contributed by atoms with Gasteiger partial charge in [0.1, 0.15) is 0 Å². The number of hydrogen-bond acceptors (Lipinski definition) is 5. The molecule has 2 aromatic carbocycles. The molecule has 0 spiro atoms. The third-order valence-corrected chi connectivity index (χ3v) is 8.65. The molecule has 0 atom stereocenters. The van der Waals surface area contributed by atoms with Crippen molar-refractivity contribution in [2.45, 2.75) is 29.9 Å². The Kier molecular flexibility index (Phi) is 7.54. The first-order valence-corrected chi connectivity index (χ1v) is 18.3. The first-order chi connectivity index (χ1) is 15.9. The molecule has 6 nitrogen and oxygen atoms in total. The van der Waals surface area contributed by atoms with E-state index in [-0.39, 0.29) is 22.8 Å². The van der Waals surface area contributed by atoms with E-state index in [1.165, 1.54) is 33.6 Å². The normalized spacial score (nSPS) is 12.4. The number of Topliss-reactive ketones (excluding diaryl/α,β-unsaturated/α-hetero) is 1. The van der Waals surface area contributed by atoms with Crippen molar-refractivity contribution >= 4 is 30.8 Å². The number of benzene rings is 2. The van der Waals surface area contributed by atoms with Crippen LogP contribution in [0, 0.1) is 6.92 Å². The van der Waals surface area contributed by atoms with Gasteiger partial charge >= 0.3 is 200 Å². The number of para-hydroxylation sites is 1. The molecular weight excluding hydrogens is 556 g/mol. The van der Waals surface area contributed by atoms with Crippen molar-refractivity contribution in [2.75, 3.05) is 0 Å². The van der Waals surface area contributed by atoms with E-state index in [0.717, 1.165) is 0 Å². The van der Waals surface area contributed by atoms with Crippen molar-refractivity contribution in [3.05, 3.63) is 89.3 Å². The van der Waals surface area contributed by atoms with Gasteiger partial charge in [-0.1, -0.05) is 0 Å². The van der Waals surface area contributed by atoms with E-state index < -0.39 is 36.9 Å². The summed E-state index contributed by atoms with van der Waals surface area (Å²) in [6.45, 7) is 2.95. The number of rotatable bonds is 8. The maximum atomic E-state index is 13.8. The molecule has 0 aliphatic rings. The van der Waals surface area contributed by atoms with Gasteiger partial charge in [-0.25, -0.2) is 0 Å². The van der Waals surface area contributed by atoms with Crippen LogP contribution in [0.25, 0.3) is 5.69 Å². The van der Waals surface area contributed by atoms with Crippen LogP contribution < -0.4 is 3.07 Å². The molecule has 1 aromatic heterocycles. The summed E-state index contributed by atoms with van der Waals surface area (Å²) in [4.78, 5) is 27.6. The first kappa shape index (κ1) is 25.5. The van der Waals surface area contributed by atoms with Crippen LogP contribution in [0.15, 0.2) is 72.5 Å². The Balaban J connectivity index is 1.99. The van der Waals surface area contributed by atoms with Crippen molar-refractivity contribution in [2.24, 2.45) is 0 Å². The van der Waals surface area contributed by atoms with E-state index in [2.05, 4.69) is 5.10 Å². The van der Waals surface area contributed by atoms with Gasteiger partial charge < -0.3 is 0 Å². The molecule has 178 valence electrons. The third kappa shape index (κ3) is 6.07. The number of aryl methyl sites for hydroxylation is 1. The average Bonchev–Trinajstić information content (AvgIpc) is 3.08. The molecule has 0 bridgehead atoms. The van der Waals surface area contributed by atoms with Crippen molar-refractivity contribution in [1.29, 1.82) is 0 Å². The number of ketones is 2. The molecule has 0 saturated carbocycles. The van der Waals surface area contributed by atoms with E-state index in [1.54, 1.807) is 55.5 Å². The van der Waals surface area contributed by atoms with Gasteiger partial charge in [-0.3, -0.25) is 0 Å².